The molecule has 0 saturated heterocycles. The molecule has 28 heavy (non-hydrogen) atoms. The Morgan fingerprint density at radius 1 is 0.607 bits per heavy atom. The van der Waals surface area contributed by atoms with Crippen molar-refractivity contribution in [1.29, 1.82) is 0 Å². The van der Waals surface area contributed by atoms with E-state index >= 15 is 0 Å². The number of ether oxygens (including phenoxy) is 2. The van der Waals surface area contributed by atoms with Gasteiger partial charge in [-0.05, 0) is 47.5 Å². The summed E-state index contributed by atoms with van der Waals surface area (Å²) in [6.07, 6.45) is 0. The molecule has 3 nitrogen and oxygen atoms in total. The lowest BCUT2D eigenvalue weighted by Gasteiger charge is -2.11. The molecular formula is C24H16BrNO2. The Hall–Kier alpha value is -3.11. The molecule has 0 fully saturated rings. The summed E-state index contributed by atoms with van der Waals surface area (Å²) < 4.78 is 12.1. The average molecular weight is 430 g/mol. The summed E-state index contributed by atoms with van der Waals surface area (Å²) >= 11 is 3.50. The van der Waals surface area contributed by atoms with Crippen molar-refractivity contribution in [2.75, 3.05) is 6.79 Å². The van der Waals surface area contributed by atoms with Gasteiger partial charge in [-0.3, -0.25) is 0 Å². The van der Waals surface area contributed by atoms with Gasteiger partial charge in [-0.15, -0.1) is 0 Å². The zero-order chi connectivity index (χ0) is 18.9. The van der Waals surface area contributed by atoms with Crippen molar-refractivity contribution in [3.8, 4) is 45.1 Å². The summed E-state index contributed by atoms with van der Waals surface area (Å²) in [6, 6.07) is 28.7. The largest absolute Gasteiger partial charge is 0.454 e. The molecule has 0 unspecified atom stereocenters. The fourth-order valence-corrected chi connectivity index (χ4v) is 3.56. The Labute approximate surface area is 171 Å². The quantitative estimate of drug-likeness (QED) is 0.368. The third kappa shape index (κ3) is 3.27. The molecule has 4 heteroatoms. The van der Waals surface area contributed by atoms with E-state index in [0.717, 1.165) is 49.6 Å². The summed E-state index contributed by atoms with van der Waals surface area (Å²) in [6.45, 7) is 0.272. The molecule has 3 aromatic carbocycles. The first-order chi connectivity index (χ1) is 13.8. The lowest BCUT2D eigenvalue weighted by molar-refractivity contribution is 0.174. The number of aromatic nitrogens is 1. The summed E-state index contributed by atoms with van der Waals surface area (Å²) in [4.78, 5) is 4.93. The molecule has 0 radical (unpaired) electrons. The van der Waals surface area contributed by atoms with Crippen LogP contribution in [0.3, 0.4) is 0 Å². The molecule has 136 valence electrons. The van der Waals surface area contributed by atoms with Gasteiger partial charge in [0.25, 0.3) is 0 Å². The van der Waals surface area contributed by atoms with Crippen LogP contribution in [0.4, 0.5) is 0 Å². The number of nitrogens with zero attached hydrogens (tertiary/aromatic N) is 1. The number of benzene rings is 3. The van der Waals surface area contributed by atoms with E-state index in [2.05, 4.69) is 58.4 Å². The second-order valence-corrected chi connectivity index (χ2v) is 7.48. The van der Waals surface area contributed by atoms with Crippen LogP contribution in [-0.2, 0) is 0 Å². The minimum atomic E-state index is 0.272. The van der Waals surface area contributed by atoms with Crippen molar-refractivity contribution in [2.45, 2.75) is 0 Å². The van der Waals surface area contributed by atoms with E-state index in [-0.39, 0.29) is 6.79 Å². The maximum absolute atomic E-state index is 5.56. The SMILES string of the molecule is Brc1ccc(-c2cc(-c3ccc4c(c3)OCO4)cc(-c3ccccc3)n2)cc1. The van der Waals surface area contributed by atoms with Gasteiger partial charge >= 0.3 is 0 Å². The molecule has 0 bridgehead atoms. The maximum Gasteiger partial charge on any atom is 0.231 e. The number of hydrogen-bond donors (Lipinski definition) is 0. The number of fused-ring (bicyclic) bond motifs is 1. The fraction of sp³-hybridized carbons (Fsp3) is 0.0417. The predicted octanol–water partition coefficient (Wildman–Crippen LogP) is 6.57. The number of hydrogen-bond acceptors (Lipinski definition) is 3. The van der Waals surface area contributed by atoms with E-state index in [0.29, 0.717) is 0 Å². The average Bonchev–Trinajstić information content (AvgIpc) is 3.22. The van der Waals surface area contributed by atoms with Crippen LogP contribution in [0.15, 0.2) is 89.4 Å². The second kappa shape index (κ2) is 7.13. The summed E-state index contributed by atoms with van der Waals surface area (Å²) in [5, 5.41) is 0. The van der Waals surface area contributed by atoms with Crippen molar-refractivity contribution >= 4 is 15.9 Å². The van der Waals surface area contributed by atoms with Gasteiger partial charge in [-0.2, -0.15) is 0 Å². The number of rotatable bonds is 3. The first-order valence-corrected chi connectivity index (χ1v) is 9.79. The normalized spacial score (nSPS) is 12.2. The van der Waals surface area contributed by atoms with E-state index in [1.165, 1.54) is 0 Å². The van der Waals surface area contributed by atoms with Crippen molar-refractivity contribution in [1.82, 2.24) is 4.98 Å². The highest BCUT2D eigenvalue weighted by Gasteiger charge is 2.15. The molecule has 0 N–H and O–H groups in total. The van der Waals surface area contributed by atoms with Gasteiger partial charge in [-0.1, -0.05) is 64.5 Å². The monoisotopic (exact) mass is 429 g/mol. The van der Waals surface area contributed by atoms with Crippen LogP contribution >= 0.6 is 15.9 Å². The fourth-order valence-electron chi connectivity index (χ4n) is 3.30. The van der Waals surface area contributed by atoms with Gasteiger partial charge in [-0.25, -0.2) is 4.98 Å². The standard InChI is InChI=1S/C24H16BrNO2/c25-20-9-6-17(7-10-20)22-13-19(12-21(26-22)16-4-2-1-3-5-16)18-8-11-23-24(14-18)28-15-27-23/h1-14H,15H2. The van der Waals surface area contributed by atoms with Crippen LogP contribution in [0.5, 0.6) is 11.5 Å². The van der Waals surface area contributed by atoms with Gasteiger partial charge in [0, 0.05) is 15.6 Å². The first kappa shape index (κ1) is 17.0. The van der Waals surface area contributed by atoms with Gasteiger partial charge in [0.1, 0.15) is 0 Å². The molecule has 1 aromatic heterocycles. The minimum absolute atomic E-state index is 0.272. The predicted molar refractivity (Wildman–Crippen MR) is 114 cm³/mol. The molecule has 0 spiro atoms. The Morgan fingerprint density at radius 2 is 1.25 bits per heavy atom. The number of halogens is 1. The van der Waals surface area contributed by atoms with Gasteiger partial charge in [0.2, 0.25) is 6.79 Å². The van der Waals surface area contributed by atoms with E-state index < -0.39 is 0 Å². The molecule has 0 aliphatic carbocycles. The lowest BCUT2D eigenvalue weighted by atomic mass is 9.99. The van der Waals surface area contributed by atoms with Crippen LogP contribution in [0.1, 0.15) is 0 Å². The van der Waals surface area contributed by atoms with Crippen molar-refractivity contribution in [3.05, 3.63) is 89.4 Å². The topological polar surface area (TPSA) is 31.4 Å². The summed E-state index contributed by atoms with van der Waals surface area (Å²) in [5.74, 6) is 1.56. The molecule has 0 amide bonds. The number of pyridine rings is 1. The molecule has 5 rings (SSSR count). The highest BCUT2D eigenvalue weighted by Crippen LogP contribution is 2.37. The Kier molecular flexibility index (Phi) is 4.34. The van der Waals surface area contributed by atoms with Gasteiger partial charge in [0.15, 0.2) is 11.5 Å². The molecule has 1 aliphatic heterocycles. The van der Waals surface area contributed by atoms with Crippen LogP contribution in [0.2, 0.25) is 0 Å². The zero-order valence-electron chi connectivity index (χ0n) is 14.9. The Balaban J connectivity index is 1.67. The lowest BCUT2D eigenvalue weighted by Crippen LogP contribution is -1.93. The van der Waals surface area contributed by atoms with E-state index in [4.69, 9.17) is 14.5 Å². The van der Waals surface area contributed by atoms with Gasteiger partial charge < -0.3 is 9.47 Å². The van der Waals surface area contributed by atoms with E-state index in [9.17, 15) is 0 Å². The molecule has 0 saturated carbocycles. The smallest absolute Gasteiger partial charge is 0.231 e. The molecule has 4 aromatic rings. The Bertz CT molecular complexity index is 1140. The zero-order valence-corrected chi connectivity index (χ0v) is 16.5. The molecule has 2 heterocycles. The third-order valence-electron chi connectivity index (χ3n) is 4.74. The molecule has 0 atom stereocenters. The van der Waals surface area contributed by atoms with E-state index in [1.807, 2.05) is 42.5 Å². The highest BCUT2D eigenvalue weighted by molar-refractivity contribution is 9.10. The molecule has 1 aliphatic rings. The highest BCUT2D eigenvalue weighted by atomic mass is 79.9. The van der Waals surface area contributed by atoms with Crippen molar-refractivity contribution in [2.24, 2.45) is 0 Å². The second-order valence-electron chi connectivity index (χ2n) is 6.57. The maximum atomic E-state index is 5.56. The van der Waals surface area contributed by atoms with Crippen LogP contribution in [-0.4, -0.2) is 11.8 Å². The third-order valence-corrected chi connectivity index (χ3v) is 5.27. The summed E-state index contributed by atoms with van der Waals surface area (Å²) in [7, 11) is 0. The van der Waals surface area contributed by atoms with Gasteiger partial charge in [0.05, 0.1) is 11.4 Å². The first-order valence-electron chi connectivity index (χ1n) is 9.00. The van der Waals surface area contributed by atoms with Crippen LogP contribution < -0.4 is 9.47 Å². The Morgan fingerprint density at radius 3 is 2.00 bits per heavy atom. The molecular weight excluding hydrogens is 414 g/mol. The van der Waals surface area contributed by atoms with Crippen molar-refractivity contribution in [3.63, 3.8) is 0 Å². The van der Waals surface area contributed by atoms with E-state index in [1.54, 1.807) is 0 Å². The summed E-state index contributed by atoms with van der Waals surface area (Å²) in [5.41, 5.74) is 6.19. The minimum Gasteiger partial charge on any atom is -0.454 e. The van der Waals surface area contributed by atoms with Crippen molar-refractivity contribution < 1.29 is 9.47 Å². The van der Waals surface area contributed by atoms with Crippen LogP contribution in [0.25, 0.3) is 33.6 Å². The van der Waals surface area contributed by atoms with Crippen LogP contribution in [0, 0.1) is 0 Å².